The third-order valence-corrected chi connectivity index (χ3v) is 5.04. The van der Waals surface area contributed by atoms with Gasteiger partial charge in [-0.1, -0.05) is 22.0 Å². The molecule has 0 aromatic heterocycles. The first-order valence-electron chi connectivity index (χ1n) is 8.35. The van der Waals surface area contributed by atoms with Crippen molar-refractivity contribution in [1.29, 1.82) is 0 Å². The van der Waals surface area contributed by atoms with Crippen LogP contribution in [0.1, 0.15) is 20.7 Å². The summed E-state index contributed by atoms with van der Waals surface area (Å²) in [5, 5.41) is 0. The molecule has 0 aliphatic carbocycles. The van der Waals surface area contributed by atoms with Crippen LogP contribution < -0.4 is 9.47 Å². The van der Waals surface area contributed by atoms with Gasteiger partial charge in [-0.2, -0.15) is 0 Å². The summed E-state index contributed by atoms with van der Waals surface area (Å²) >= 11 is 3.39. The number of carbonyl (C=O) groups is 2. The minimum Gasteiger partial charge on any atom is -0.454 e. The molecule has 6 nitrogen and oxygen atoms in total. The van der Waals surface area contributed by atoms with Gasteiger partial charge in [-0.15, -0.1) is 0 Å². The monoisotopic (exact) mass is 416 g/mol. The maximum Gasteiger partial charge on any atom is 0.254 e. The van der Waals surface area contributed by atoms with E-state index in [-0.39, 0.29) is 18.6 Å². The quantitative estimate of drug-likeness (QED) is 0.754. The van der Waals surface area contributed by atoms with E-state index in [1.54, 1.807) is 34.1 Å². The third kappa shape index (κ3) is 3.26. The van der Waals surface area contributed by atoms with E-state index in [0.717, 1.165) is 4.47 Å². The highest BCUT2D eigenvalue weighted by Crippen LogP contribution is 2.32. The summed E-state index contributed by atoms with van der Waals surface area (Å²) < 4.78 is 11.5. The molecule has 2 heterocycles. The van der Waals surface area contributed by atoms with E-state index in [4.69, 9.17) is 9.47 Å². The van der Waals surface area contributed by atoms with E-state index in [2.05, 4.69) is 15.9 Å². The first-order chi connectivity index (χ1) is 12.6. The summed E-state index contributed by atoms with van der Waals surface area (Å²) in [7, 11) is 0. The number of carbonyl (C=O) groups excluding carboxylic acids is 2. The molecule has 26 heavy (non-hydrogen) atoms. The number of piperazine rings is 1. The zero-order valence-corrected chi connectivity index (χ0v) is 15.6. The number of nitrogens with zero attached hydrogens (tertiary/aromatic N) is 2. The molecular formula is C19H17BrN2O4. The maximum atomic E-state index is 12.7. The molecule has 134 valence electrons. The molecule has 1 saturated heterocycles. The van der Waals surface area contributed by atoms with Crippen molar-refractivity contribution in [2.24, 2.45) is 0 Å². The molecule has 2 aromatic carbocycles. The largest absolute Gasteiger partial charge is 0.454 e. The van der Waals surface area contributed by atoms with Gasteiger partial charge in [0.2, 0.25) is 6.79 Å². The molecular weight excluding hydrogens is 400 g/mol. The second kappa shape index (κ2) is 6.99. The Labute approximate surface area is 159 Å². The summed E-state index contributed by atoms with van der Waals surface area (Å²) in [6, 6.07) is 12.6. The van der Waals surface area contributed by atoms with Crippen molar-refractivity contribution in [3.8, 4) is 11.5 Å². The van der Waals surface area contributed by atoms with Gasteiger partial charge in [-0.3, -0.25) is 9.59 Å². The molecule has 4 rings (SSSR count). The van der Waals surface area contributed by atoms with E-state index in [9.17, 15) is 9.59 Å². The highest BCUT2D eigenvalue weighted by molar-refractivity contribution is 9.10. The van der Waals surface area contributed by atoms with Gasteiger partial charge in [0.1, 0.15) is 0 Å². The molecule has 0 saturated carbocycles. The number of benzene rings is 2. The minimum atomic E-state index is -0.0575. The second-order valence-corrected chi connectivity index (χ2v) is 7.08. The Balaban J connectivity index is 1.40. The highest BCUT2D eigenvalue weighted by Gasteiger charge is 2.26. The molecule has 0 atom stereocenters. The van der Waals surface area contributed by atoms with Gasteiger partial charge in [-0.25, -0.2) is 0 Å². The van der Waals surface area contributed by atoms with Gasteiger partial charge in [0, 0.05) is 41.8 Å². The van der Waals surface area contributed by atoms with Crippen LogP contribution in [0.3, 0.4) is 0 Å². The van der Waals surface area contributed by atoms with Crippen molar-refractivity contribution in [1.82, 2.24) is 9.80 Å². The SMILES string of the molecule is O=C(c1cccc(Br)c1)N1CCN(C(=O)c2ccc3c(c2)OCO3)CC1. The Morgan fingerprint density at radius 3 is 2.08 bits per heavy atom. The van der Waals surface area contributed by atoms with Crippen LogP contribution in [-0.2, 0) is 0 Å². The molecule has 0 N–H and O–H groups in total. The Bertz CT molecular complexity index is 862. The van der Waals surface area contributed by atoms with Crippen LogP contribution in [0.5, 0.6) is 11.5 Å². The van der Waals surface area contributed by atoms with Crippen molar-refractivity contribution in [2.45, 2.75) is 0 Å². The average molecular weight is 417 g/mol. The van der Waals surface area contributed by atoms with Gasteiger partial charge in [0.25, 0.3) is 11.8 Å². The number of halogens is 1. The van der Waals surface area contributed by atoms with Crippen LogP contribution >= 0.6 is 15.9 Å². The smallest absolute Gasteiger partial charge is 0.254 e. The highest BCUT2D eigenvalue weighted by atomic mass is 79.9. The van der Waals surface area contributed by atoms with Gasteiger partial charge in [0.15, 0.2) is 11.5 Å². The summed E-state index contributed by atoms with van der Waals surface area (Å²) in [5.74, 6) is 1.18. The average Bonchev–Trinajstić information content (AvgIpc) is 3.15. The summed E-state index contributed by atoms with van der Waals surface area (Å²) in [4.78, 5) is 28.9. The van der Waals surface area contributed by atoms with Crippen molar-refractivity contribution in [3.63, 3.8) is 0 Å². The zero-order valence-electron chi connectivity index (χ0n) is 14.0. The second-order valence-electron chi connectivity index (χ2n) is 6.16. The molecule has 2 amide bonds. The van der Waals surface area contributed by atoms with E-state index in [1.807, 2.05) is 18.2 Å². The first kappa shape index (κ1) is 16.9. The predicted octanol–water partition coefficient (Wildman–Crippen LogP) is 2.78. The number of rotatable bonds is 2. The van der Waals surface area contributed by atoms with E-state index in [1.165, 1.54) is 0 Å². The Hall–Kier alpha value is -2.54. The molecule has 2 aromatic rings. The Morgan fingerprint density at radius 1 is 0.808 bits per heavy atom. The summed E-state index contributed by atoms with van der Waals surface area (Å²) in [5.41, 5.74) is 1.22. The molecule has 0 bridgehead atoms. The lowest BCUT2D eigenvalue weighted by atomic mass is 10.1. The predicted molar refractivity (Wildman–Crippen MR) is 98.5 cm³/mol. The molecule has 0 unspecified atom stereocenters. The number of hydrogen-bond donors (Lipinski definition) is 0. The summed E-state index contributed by atoms with van der Waals surface area (Å²) in [6.45, 7) is 2.23. The van der Waals surface area contributed by atoms with Crippen LogP contribution in [0.15, 0.2) is 46.9 Å². The summed E-state index contributed by atoms with van der Waals surface area (Å²) in [6.07, 6.45) is 0. The van der Waals surface area contributed by atoms with Crippen LogP contribution in [0.2, 0.25) is 0 Å². The Kier molecular flexibility index (Phi) is 4.55. The van der Waals surface area contributed by atoms with Crippen molar-refractivity contribution in [2.75, 3.05) is 33.0 Å². The first-order valence-corrected chi connectivity index (χ1v) is 9.15. The van der Waals surface area contributed by atoms with Gasteiger partial charge < -0.3 is 19.3 Å². The van der Waals surface area contributed by atoms with Crippen molar-refractivity contribution >= 4 is 27.7 Å². The van der Waals surface area contributed by atoms with E-state index >= 15 is 0 Å². The molecule has 2 aliphatic heterocycles. The molecule has 0 radical (unpaired) electrons. The molecule has 7 heteroatoms. The number of hydrogen-bond acceptors (Lipinski definition) is 4. The third-order valence-electron chi connectivity index (χ3n) is 4.55. The van der Waals surface area contributed by atoms with Crippen molar-refractivity contribution in [3.05, 3.63) is 58.1 Å². The lowest BCUT2D eigenvalue weighted by molar-refractivity contribution is 0.0535. The fourth-order valence-corrected chi connectivity index (χ4v) is 3.53. The van der Waals surface area contributed by atoms with Crippen LogP contribution in [0.25, 0.3) is 0 Å². The lowest BCUT2D eigenvalue weighted by Crippen LogP contribution is -2.50. The van der Waals surface area contributed by atoms with E-state index < -0.39 is 0 Å². The standard InChI is InChI=1S/C19H17BrN2O4/c20-15-3-1-2-13(10-15)18(23)21-6-8-22(9-7-21)19(24)14-4-5-16-17(11-14)26-12-25-16/h1-5,10-11H,6-9,12H2. The van der Waals surface area contributed by atoms with Gasteiger partial charge >= 0.3 is 0 Å². The fourth-order valence-electron chi connectivity index (χ4n) is 3.13. The van der Waals surface area contributed by atoms with Crippen LogP contribution in [0.4, 0.5) is 0 Å². The van der Waals surface area contributed by atoms with Gasteiger partial charge in [0.05, 0.1) is 0 Å². The topological polar surface area (TPSA) is 59.1 Å². The molecule has 1 fully saturated rings. The Morgan fingerprint density at radius 2 is 1.42 bits per heavy atom. The minimum absolute atomic E-state index is 0.0125. The normalized spacial score (nSPS) is 15.9. The number of amides is 2. The van der Waals surface area contributed by atoms with Crippen LogP contribution in [-0.4, -0.2) is 54.6 Å². The molecule has 0 spiro atoms. The van der Waals surface area contributed by atoms with Gasteiger partial charge in [-0.05, 0) is 36.4 Å². The maximum absolute atomic E-state index is 12.7. The van der Waals surface area contributed by atoms with E-state index in [0.29, 0.717) is 48.8 Å². The van der Waals surface area contributed by atoms with Crippen LogP contribution in [0, 0.1) is 0 Å². The number of fused-ring (bicyclic) bond motifs is 1. The fraction of sp³-hybridized carbons (Fsp3) is 0.263. The van der Waals surface area contributed by atoms with Crippen molar-refractivity contribution < 1.29 is 19.1 Å². The zero-order chi connectivity index (χ0) is 18.1. The lowest BCUT2D eigenvalue weighted by Gasteiger charge is -2.35. The molecule has 2 aliphatic rings. The number of ether oxygens (including phenoxy) is 2.